The number of halogens is 1. The lowest BCUT2D eigenvalue weighted by Crippen LogP contribution is -2.43. The average Bonchev–Trinajstić information content (AvgIpc) is 2.85. The first-order chi connectivity index (χ1) is 16.0. The Balaban J connectivity index is 1.43. The molecule has 0 bridgehead atoms. The molecular weight excluding hydrogens is 448 g/mol. The van der Waals surface area contributed by atoms with E-state index in [1.54, 1.807) is 18.5 Å². The van der Waals surface area contributed by atoms with Crippen LogP contribution in [-0.4, -0.2) is 69.8 Å². The van der Waals surface area contributed by atoms with E-state index in [0.717, 1.165) is 32.6 Å². The molecule has 0 aromatic carbocycles. The molecule has 4 heterocycles. The van der Waals surface area contributed by atoms with Gasteiger partial charge in [-0.25, -0.2) is 14.8 Å². The molecule has 3 N–H and O–H groups in total. The van der Waals surface area contributed by atoms with Gasteiger partial charge in [0.2, 0.25) is 5.91 Å². The van der Waals surface area contributed by atoms with E-state index in [0.29, 0.717) is 53.2 Å². The van der Waals surface area contributed by atoms with Gasteiger partial charge in [-0.3, -0.25) is 9.78 Å². The monoisotopic (exact) mass is 474 g/mol. The number of nitrogens with zero attached hydrogens (tertiary/aromatic N) is 4. The van der Waals surface area contributed by atoms with Crippen molar-refractivity contribution in [2.75, 3.05) is 43.5 Å². The number of amides is 2. The zero-order valence-corrected chi connectivity index (χ0v) is 18.9. The number of rotatable bonds is 6. The number of pyridine rings is 1. The Morgan fingerprint density at radius 1 is 1.18 bits per heavy atom. The third-order valence-corrected chi connectivity index (χ3v) is 6.29. The molecule has 10 nitrogen and oxygen atoms in total. The first kappa shape index (κ1) is 23.2. The fourth-order valence-electron chi connectivity index (χ4n) is 4.08. The van der Waals surface area contributed by atoms with Gasteiger partial charge in [-0.1, -0.05) is 11.6 Å². The molecule has 0 unspecified atom stereocenters. The first-order valence-corrected chi connectivity index (χ1v) is 11.5. The third kappa shape index (κ3) is 6.08. The molecule has 176 valence electrons. The fraction of sp³-hybridized carbons (Fsp3) is 0.500. The molecule has 2 aromatic heterocycles. The molecule has 4 rings (SSSR count). The standard InChI is InChI=1S/C22H27ClN6O4/c23-17-10-26-19(28-21(30)15-2-1-5-29(13-15)22(31)32)8-16(17)18-11-24-12-20(27-18)25-9-14-3-6-33-7-4-14/h8,10-12,14-15H,1-7,9,13H2,(H,25,27)(H,31,32)(H,26,28,30)/t15-/m0/s1. The van der Waals surface area contributed by atoms with Crippen molar-refractivity contribution in [1.29, 1.82) is 0 Å². The second-order valence-electron chi connectivity index (χ2n) is 8.33. The van der Waals surface area contributed by atoms with Crippen molar-refractivity contribution in [2.45, 2.75) is 25.7 Å². The molecule has 0 radical (unpaired) electrons. The molecule has 2 aromatic rings. The lowest BCUT2D eigenvalue weighted by atomic mass is 9.97. The van der Waals surface area contributed by atoms with Crippen LogP contribution in [0.4, 0.5) is 16.4 Å². The molecule has 0 saturated carbocycles. The van der Waals surface area contributed by atoms with E-state index >= 15 is 0 Å². The predicted octanol–water partition coefficient (Wildman–Crippen LogP) is 3.36. The summed E-state index contributed by atoms with van der Waals surface area (Å²) in [6, 6.07) is 1.66. The topological polar surface area (TPSA) is 130 Å². The number of likely N-dealkylation sites (tertiary alicyclic amines) is 1. The number of carbonyl (C=O) groups excluding carboxylic acids is 1. The van der Waals surface area contributed by atoms with Gasteiger partial charge in [-0.05, 0) is 37.7 Å². The van der Waals surface area contributed by atoms with Gasteiger partial charge in [-0.2, -0.15) is 0 Å². The van der Waals surface area contributed by atoms with Gasteiger partial charge in [0.15, 0.2) is 0 Å². The number of anilines is 2. The summed E-state index contributed by atoms with van der Waals surface area (Å²) in [5.74, 6) is 0.822. The van der Waals surface area contributed by atoms with E-state index in [1.807, 2.05) is 0 Å². The summed E-state index contributed by atoms with van der Waals surface area (Å²) in [5, 5.41) is 15.7. The van der Waals surface area contributed by atoms with Crippen molar-refractivity contribution in [3.05, 3.63) is 29.7 Å². The Bertz CT molecular complexity index is 1000. The number of ether oxygens (including phenoxy) is 1. The van der Waals surface area contributed by atoms with Crippen LogP contribution in [0.5, 0.6) is 0 Å². The van der Waals surface area contributed by atoms with E-state index in [-0.39, 0.29) is 12.5 Å². The van der Waals surface area contributed by atoms with Gasteiger partial charge in [-0.15, -0.1) is 0 Å². The van der Waals surface area contributed by atoms with E-state index < -0.39 is 12.0 Å². The quantitative estimate of drug-likeness (QED) is 0.581. The highest BCUT2D eigenvalue weighted by molar-refractivity contribution is 6.33. The molecule has 11 heteroatoms. The Kier molecular flexibility index (Phi) is 7.56. The zero-order chi connectivity index (χ0) is 23.2. The third-order valence-electron chi connectivity index (χ3n) is 5.99. The van der Waals surface area contributed by atoms with E-state index in [4.69, 9.17) is 16.3 Å². The number of hydrogen-bond acceptors (Lipinski definition) is 7. The highest BCUT2D eigenvalue weighted by Gasteiger charge is 2.28. The summed E-state index contributed by atoms with van der Waals surface area (Å²) in [4.78, 5) is 38.3. The van der Waals surface area contributed by atoms with E-state index in [2.05, 4.69) is 25.6 Å². The molecule has 0 spiro atoms. The Hall–Kier alpha value is -2.98. The molecular formula is C22H27ClN6O4. The number of aromatic nitrogens is 3. The maximum Gasteiger partial charge on any atom is 0.407 e. The largest absolute Gasteiger partial charge is 0.465 e. The SMILES string of the molecule is O=C(Nc1cc(-c2cncc(NCC3CCOCC3)n2)c(Cl)cn1)[C@H]1CCCN(C(=O)O)C1. The van der Waals surface area contributed by atoms with Crippen molar-refractivity contribution in [3.63, 3.8) is 0 Å². The number of carbonyl (C=O) groups is 2. The average molecular weight is 475 g/mol. The summed E-state index contributed by atoms with van der Waals surface area (Å²) in [6.07, 6.45) is 7.03. The molecule has 1 atom stereocenters. The van der Waals surface area contributed by atoms with Crippen molar-refractivity contribution in [2.24, 2.45) is 11.8 Å². The van der Waals surface area contributed by atoms with Crippen LogP contribution in [0.15, 0.2) is 24.7 Å². The van der Waals surface area contributed by atoms with Crippen LogP contribution in [0.2, 0.25) is 5.02 Å². The van der Waals surface area contributed by atoms with E-state index in [1.165, 1.54) is 11.1 Å². The number of hydrogen-bond donors (Lipinski definition) is 3. The molecule has 2 amide bonds. The second kappa shape index (κ2) is 10.8. The minimum atomic E-state index is -1.01. The highest BCUT2D eigenvalue weighted by atomic mass is 35.5. The minimum absolute atomic E-state index is 0.175. The van der Waals surface area contributed by atoms with Crippen molar-refractivity contribution >= 4 is 35.2 Å². The van der Waals surface area contributed by atoms with Crippen LogP contribution in [0.3, 0.4) is 0 Å². The number of nitrogens with one attached hydrogen (secondary N) is 2. The zero-order valence-electron chi connectivity index (χ0n) is 18.2. The first-order valence-electron chi connectivity index (χ1n) is 11.1. The van der Waals surface area contributed by atoms with Gasteiger partial charge in [0.1, 0.15) is 11.6 Å². The van der Waals surface area contributed by atoms with Gasteiger partial charge in [0.25, 0.3) is 0 Å². The van der Waals surface area contributed by atoms with Crippen molar-refractivity contribution in [3.8, 4) is 11.3 Å². The highest BCUT2D eigenvalue weighted by Crippen LogP contribution is 2.29. The maximum absolute atomic E-state index is 12.7. The summed E-state index contributed by atoms with van der Waals surface area (Å²) in [6.45, 7) is 2.98. The van der Waals surface area contributed by atoms with Crippen LogP contribution < -0.4 is 10.6 Å². The predicted molar refractivity (Wildman–Crippen MR) is 123 cm³/mol. The smallest absolute Gasteiger partial charge is 0.407 e. The summed E-state index contributed by atoms with van der Waals surface area (Å²) >= 11 is 6.37. The molecule has 2 saturated heterocycles. The maximum atomic E-state index is 12.7. The summed E-state index contributed by atoms with van der Waals surface area (Å²) < 4.78 is 5.40. The number of carboxylic acid groups (broad SMARTS) is 1. The molecule has 2 aliphatic heterocycles. The summed E-state index contributed by atoms with van der Waals surface area (Å²) in [5.41, 5.74) is 1.16. The van der Waals surface area contributed by atoms with Crippen LogP contribution in [0.1, 0.15) is 25.7 Å². The van der Waals surface area contributed by atoms with Gasteiger partial charge in [0, 0.05) is 44.6 Å². The van der Waals surface area contributed by atoms with Crippen LogP contribution in [0, 0.1) is 11.8 Å². The van der Waals surface area contributed by atoms with Gasteiger partial charge in [0.05, 0.1) is 29.0 Å². The second-order valence-corrected chi connectivity index (χ2v) is 8.74. The molecule has 33 heavy (non-hydrogen) atoms. The van der Waals surface area contributed by atoms with Gasteiger partial charge >= 0.3 is 6.09 Å². The molecule has 0 aliphatic carbocycles. The Morgan fingerprint density at radius 2 is 2.00 bits per heavy atom. The van der Waals surface area contributed by atoms with Crippen LogP contribution >= 0.6 is 11.6 Å². The van der Waals surface area contributed by atoms with Crippen molar-refractivity contribution < 1.29 is 19.4 Å². The Labute approximate surface area is 196 Å². The van der Waals surface area contributed by atoms with Gasteiger partial charge < -0.3 is 25.4 Å². The fourth-order valence-corrected chi connectivity index (χ4v) is 4.28. The van der Waals surface area contributed by atoms with Crippen LogP contribution in [-0.2, 0) is 9.53 Å². The van der Waals surface area contributed by atoms with E-state index in [9.17, 15) is 14.7 Å². The molecule has 2 fully saturated rings. The van der Waals surface area contributed by atoms with Crippen molar-refractivity contribution in [1.82, 2.24) is 19.9 Å². The normalized spacial score (nSPS) is 19.2. The van der Waals surface area contributed by atoms with Crippen LogP contribution in [0.25, 0.3) is 11.3 Å². The lowest BCUT2D eigenvalue weighted by Gasteiger charge is -2.29. The molecule has 2 aliphatic rings. The Morgan fingerprint density at radius 3 is 2.79 bits per heavy atom. The number of piperidine rings is 1. The lowest BCUT2D eigenvalue weighted by molar-refractivity contribution is -0.121. The summed E-state index contributed by atoms with van der Waals surface area (Å²) in [7, 11) is 0. The minimum Gasteiger partial charge on any atom is -0.465 e.